The topological polar surface area (TPSA) is 62.4 Å². The summed E-state index contributed by atoms with van der Waals surface area (Å²) >= 11 is 0. The summed E-state index contributed by atoms with van der Waals surface area (Å²) in [5.74, 6) is 1.49. The van der Waals surface area contributed by atoms with Crippen molar-refractivity contribution in [3.05, 3.63) is 18.3 Å². The van der Waals surface area contributed by atoms with Gasteiger partial charge in [-0.05, 0) is 30.9 Å². The van der Waals surface area contributed by atoms with Crippen molar-refractivity contribution < 1.29 is 5.11 Å². The zero-order valence-corrected chi connectivity index (χ0v) is 9.97. The van der Waals surface area contributed by atoms with Crippen LogP contribution in [0.5, 0.6) is 0 Å². The molecule has 2 atom stereocenters. The van der Waals surface area contributed by atoms with E-state index in [1.807, 2.05) is 12.1 Å². The molecule has 92 valence electrons. The van der Waals surface area contributed by atoms with Gasteiger partial charge in [-0.3, -0.25) is 0 Å². The summed E-state index contributed by atoms with van der Waals surface area (Å²) in [6, 6.07) is 3.75. The molecular formula is C13H19N3O. The summed E-state index contributed by atoms with van der Waals surface area (Å²) in [5, 5.41) is 9.68. The summed E-state index contributed by atoms with van der Waals surface area (Å²) in [4.78, 5) is 6.62. The zero-order valence-electron chi connectivity index (χ0n) is 9.97. The fourth-order valence-corrected chi connectivity index (χ4v) is 3.51. The smallest absolute Gasteiger partial charge is 0.151 e. The van der Waals surface area contributed by atoms with Crippen molar-refractivity contribution in [2.75, 3.05) is 30.3 Å². The minimum Gasteiger partial charge on any atom is -0.396 e. The second kappa shape index (κ2) is 3.88. The highest BCUT2D eigenvalue weighted by Gasteiger charge is 2.49. The lowest BCUT2D eigenvalue weighted by atomic mass is 9.82. The molecule has 2 heterocycles. The summed E-state index contributed by atoms with van der Waals surface area (Å²) in [6.45, 7) is 2.18. The monoisotopic (exact) mass is 233 g/mol. The van der Waals surface area contributed by atoms with E-state index in [0.717, 1.165) is 31.0 Å². The van der Waals surface area contributed by atoms with Gasteiger partial charge in [0.25, 0.3) is 0 Å². The van der Waals surface area contributed by atoms with E-state index in [9.17, 15) is 5.11 Å². The third-order valence-electron chi connectivity index (χ3n) is 4.47. The van der Waals surface area contributed by atoms with Crippen LogP contribution in [0.4, 0.5) is 11.5 Å². The predicted octanol–water partition coefficient (Wildman–Crippen LogP) is 1.26. The molecule has 1 saturated carbocycles. The number of aliphatic hydroxyl groups excluding tert-OH is 1. The highest BCUT2D eigenvalue weighted by Crippen LogP contribution is 2.49. The van der Waals surface area contributed by atoms with E-state index in [4.69, 9.17) is 5.73 Å². The summed E-state index contributed by atoms with van der Waals surface area (Å²) in [5.41, 5.74) is 6.81. The number of rotatable bonds is 2. The number of aromatic nitrogens is 1. The fraction of sp³-hybridized carbons (Fsp3) is 0.615. The second-order valence-electron chi connectivity index (χ2n) is 5.41. The zero-order chi connectivity index (χ0) is 11.9. The molecular weight excluding hydrogens is 214 g/mol. The molecule has 0 bridgehead atoms. The number of pyridine rings is 1. The van der Waals surface area contributed by atoms with Crippen molar-refractivity contribution >= 4 is 11.5 Å². The molecule has 0 radical (unpaired) electrons. The number of anilines is 2. The van der Waals surface area contributed by atoms with E-state index in [2.05, 4.69) is 9.88 Å². The van der Waals surface area contributed by atoms with Crippen LogP contribution in [-0.2, 0) is 0 Å². The quantitative estimate of drug-likeness (QED) is 0.807. The lowest BCUT2D eigenvalue weighted by Crippen LogP contribution is -2.31. The fourth-order valence-electron chi connectivity index (χ4n) is 3.51. The minimum atomic E-state index is 0.101. The van der Waals surface area contributed by atoms with Crippen molar-refractivity contribution in [1.29, 1.82) is 0 Å². The molecule has 1 aromatic rings. The van der Waals surface area contributed by atoms with Crippen molar-refractivity contribution in [2.45, 2.75) is 19.3 Å². The van der Waals surface area contributed by atoms with E-state index >= 15 is 0 Å². The van der Waals surface area contributed by atoms with Crippen LogP contribution < -0.4 is 10.6 Å². The average molecular weight is 233 g/mol. The van der Waals surface area contributed by atoms with Gasteiger partial charge in [-0.15, -0.1) is 0 Å². The van der Waals surface area contributed by atoms with Gasteiger partial charge in [0.05, 0.1) is 12.3 Å². The van der Waals surface area contributed by atoms with Crippen LogP contribution in [0.2, 0.25) is 0 Å². The van der Waals surface area contributed by atoms with Gasteiger partial charge in [-0.1, -0.05) is 6.42 Å². The van der Waals surface area contributed by atoms with Gasteiger partial charge in [0.1, 0.15) is 0 Å². The van der Waals surface area contributed by atoms with Crippen LogP contribution in [0.3, 0.4) is 0 Å². The number of hydrogen-bond donors (Lipinski definition) is 2. The summed E-state index contributed by atoms with van der Waals surface area (Å²) < 4.78 is 0. The first-order valence-electron chi connectivity index (χ1n) is 6.31. The maximum Gasteiger partial charge on any atom is 0.151 e. The maximum atomic E-state index is 9.68. The molecule has 4 heteroatoms. The third-order valence-corrected chi connectivity index (χ3v) is 4.47. The van der Waals surface area contributed by atoms with Gasteiger partial charge in [-0.2, -0.15) is 0 Å². The summed E-state index contributed by atoms with van der Waals surface area (Å²) in [6.07, 6.45) is 5.39. The third kappa shape index (κ3) is 1.59. The SMILES string of the molecule is Nc1cccnc1N1C[C@H]2CCC[C@@]2(CO)C1. The van der Waals surface area contributed by atoms with Crippen molar-refractivity contribution in [3.63, 3.8) is 0 Å². The number of hydrogen-bond acceptors (Lipinski definition) is 4. The Labute approximate surface area is 101 Å². The standard InChI is InChI=1S/C13H19N3O/c14-11-4-2-6-15-12(11)16-7-10-3-1-5-13(10,8-16)9-17/h2,4,6,10,17H,1,3,5,7-9,14H2/t10-,13+/m1/s1. The van der Waals surface area contributed by atoms with Crippen LogP contribution in [0, 0.1) is 11.3 Å². The number of fused-ring (bicyclic) bond motifs is 1. The molecule has 2 fully saturated rings. The Kier molecular flexibility index (Phi) is 2.47. The molecule has 2 aliphatic rings. The molecule has 3 rings (SSSR count). The Balaban J connectivity index is 1.87. The first-order chi connectivity index (χ1) is 8.25. The minimum absolute atomic E-state index is 0.101. The molecule has 4 nitrogen and oxygen atoms in total. The molecule has 0 unspecified atom stereocenters. The number of aliphatic hydroxyl groups is 1. The molecule has 1 aliphatic carbocycles. The Hall–Kier alpha value is -1.29. The molecule has 1 saturated heterocycles. The largest absolute Gasteiger partial charge is 0.396 e. The lowest BCUT2D eigenvalue weighted by molar-refractivity contribution is 0.121. The number of nitrogen functional groups attached to an aromatic ring is 1. The Morgan fingerprint density at radius 1 is 1.59 bits per heavy atom. The Bertz CT molecular complexity index is 423. The maximum absolute atomic E-state index is 9.68. The van der Waals surface area contributed by atoms with E-state index in [-0.39, 0.29) is 5.41 Å². The van der Waals surface area contributed by atoms with Gasteiger partial charge >= 0.3 is 0 Å². The van der Waals surface area contributed by atoms with Crippen LogP contribution in [0.15, 0.2) is 18.3 Å². The first-order valence-corrected chi connectivity index (χ1v) is 6.31. The van der Waals surface area contributed by atoms with Gasteiger partial charge in [-0.25, -0.2) is 4.98 Å². The predicted molar refractivity (Wildman–Crippen MR) is 67.7 cm³/mol. The average Bonchev–Trinajstić information content (AvgIpc) is 2.86. The second-order valence-corrected chi connectivity index (χ2v) is 5.41. The highest BCUT2D eigenvalue weighted by atomic mass is 16.3. The van der Waals surface area contributed by atoms with Gasteiger partial charge in [0, 0.05) is 24.7 Å². The summed E-state index contributed by atoms with van der Waals surface area (Å²) in [7, 11) is 0. The van der Waals surface area contributed by atoms with E-state index in [1.54, 1.807) is 6.20 Å². The van der Waals surface area contributed by atoms with Crippen molar-refractivity contribution in [3.8, 4) is 0 Å². The van der Waals surface area contributed by atoms with Crippen molar-refractivity contribution in [1.82, 2.24) is 4.98 Å². The first kappa shape index (κ1) is 10.8. The van der Waals surface area contributed by atoms with E-state index in [1.165, 1.54) is 12.8 Å². The molecule has 1 aliphatic heterocycles. The van der Waals surface area contributed by atoms with E-state index in [0.29, 0.717) is 12.5 Å². The molecule has 0 amide bonds. The molecule has 1 aromatic heterocycles. The van der Waals surface area contributed by atoms with E-state index < -0.39 is 0 Å². The van der Waals surface area contributed by atoms with Crippen LogP contribution in [-0.4, -0.2) is 29.8 Å². The normalized spacial score (nSPS) is 31.8. The van der Waals surface area contributed by atoms with Gasteiger partial charge in [0.2, 0.25) is 0 Å². The van der Waals surface area contributed by atoms with Crippen molar-refractivity contribution in [2.24, 2.45) is 11.3 Å². The van der Waals surface area contributed by atoms with Crippen LogP contribution in [0.1, 0.15) is 19.3 Å². The lowest BCUT2D eigenvalue weighted by Gasteiger charge is -2.26. The van der Waals surface area contributed by atoms with Crippen LogP contribution >= 0.6 is 0 Å². The van der Waals surface area contributed by atoms with Gasteiger partial charge in [0.15, 0.2) is 5.82 Å². The van der Waals surface area contributed by atoms with Crippen LogP contribution in [0.25, 0.3) is 0 Å². The molecule has 0 aromatic carbocycles. The Morgan fingerprint density at radius 3 is 3.18 bits per heavy atom. The van der Waals surface area contributed by atoms with Gasteiger partial charge < -0.3 is 15.7 Å². The molecule has 17 heavy (non-hydrogen) atoms. The highest BCUT2D eigenvalue weighted by molar-refractivity contribution is 5.63. The number of nitrogens with two attached hydrogens (primary N) is 1. The molecule has 0 spiro atoms. The number of nitrogens with zero attached hydrogens (tertiary/aromatic N) is 2. The molecule has 3 N–H and O–H groups in total. The Morgan fingerprint density at radius 2 is 2.47 bits per heavy atom.